The number of aromatic nitrogens is 3. The van der Waals surface area contributed by atoms with Gasteiger partial charge in [-0.25, -0.2) is 9.50 Å². The van der Waals surface area contributed by atoms with Crippen LogP contribution in [-0.2, 0) is 0 Å². The Labute approximate surface area is 112 Å². The van der Waals surface area contributed by atoms with Gasteiger partial charge >= 0.3 is 0 Å². The quantitative estimate of drug-likeness (QED) is 0.900. The second-order valence-corrected chi connectivity index (χ2v) is 5.58. The minimum atomic E-state index is 0.578. The molecule has 0 radical (unpaired) electrons. The van der Waals surface area contributed by atoms with Crippen LogP contribution < -0.4 is 10.2 Å². The van der Waals surface area contributed by atoms with Gasteiger partial charge in [-0.3, -0.25) is 0 Å². The zero-order chi connectivity index (χ0) is 12.7. The third kappa shape index (κ3) is 2.08. The van der Waals surface area contributed by atoms with Crippen LogP contribution in [-0.4, -0.2) is 39.8 Å². The fourth-order valence-corrected chi connectivity index (χ4v) is 2.98. The van der Waals surface area contributed by atoms with Gasteiger partial charge in [0.1, 0.15) is 5.52 Å². The van der Waals surface area contributed by atoms with Gasteiger partial charge in [-0.15, -0.1) is 0 Å². The molecule has 1 saturated heterocycles. The number of nitrogens with zero attached hydrogens (tertiary/aromatic N) is 4. The molecular formula is C14H19N5. The molecular weight excluding hydrogens is 238 g/mol. The van der Waals surface area contributed by atoms with Crippen molar-refractivity contribution in [3.8, 4) is 0 Å². The summed E-state index contributed by atoms with van der Waals surface area (Å²) < 4.78 is 1.91. The van der Waals surface area contributed by atoms with Crippen molar-refractivity contribution >= 4 is 11.3 Å². The summed E-state index contributed by atoms with van der Waals surface area (Å²) in [4.78, 5) is 7.04. The highest BCUT2D eigenvalue weighted by atomic mass is 15.3. The molecule has 1 unspecified atom stereocenters. The molecule has 1 aliphatic heterocycles. The van der Waals surface area contributed by atoms with Gasteiger partial charge in [0, 0.05) is 37.6 Å². The molecule has 5 heteroatoms. The van der Waals surface area contributed by atoms with E-state index < -0.39 is 0 Å². The Kier molecular flexibility index (Phi) is 2.65. The molecule has 4 rings (SSSR count). The monoisotopic (exact) mass is 257 g/mol. The van der Waals surface area contributed by atoms with Crippen molar-refractivity contribution in [2.24, 2.45) is 0 Å². The van der Waals surface area contributed by atoms with E-state index in [1.807, 2.05) is 29.2 Å². The summed E-state index contributed by atoms with van der Waals surface area (Å²) in [5, 5.41) is 7.94. The topological polar surface area (TPSA) is 45.5 Å². The molecule has 100 valence electrons. The summed E-state index contributed by atoms with van der Waals surface area (Å²) in [7, 11) is 0. The van der Waals surface area contributed by atoms with Crippen molar-refractivity contribution in [3.63, 3.8) is 0 Å². The first-order valence-electron chi connectivity index (χ1n) is 7.20. The number of nitrogens with one attached hydrogen (secondary N) is 1. The lowest BCUT2D eigenvalue weighted by Gasteiger charge is -2.26. The zero-order valence-electron chi connectivity index (χ0n) is 11.0. The average Bonchev–Trinajstić information content (AvgIpc) is 2.96. The predicted octanol–water partition coefficient (Wildman–Crippen LogP) is 1.45. The van der Waals surface area contributed by atoms with Gasteiger partial charge in [0.15, 0.2) is 5.82 Å². The SMILES string of the molecule is c1cn2nccc2c(N2CCCC2CNC2CC2)n1. The molecule has 2 aromatic heterocycles. The van der Waals surface area contributed by atoms with Crippen molar-refractivity contribution in [3.05, 3.63) is 24.7 Å². The van der Waals surface area contributed by atoms with E-state index in [1.165, 1.54) is 25.7 Å². The van der Waals surface area contributed by atoms with Crippen LogP contribution in [0, 0.1) is 0 Å². The number of anilines is 1. The van der Waals surface area contributed by atoms with Crippen LogP contribution in [0.25, 0.3) is 5.52 Å². The molecule has 3 heterocycles. The van der Waals surface area contributed by atoms with Crippen molar-refractivity contribution in [1.29, 1.82) is 0 Å². The molecule has 1 atom stereocenters. The molecule has 1 saturated carbocycles. The maximum atomic E-state index is 4.59. The predicted molar refractivity (Wildman–Crippen MR) is 74.4 cm³/mol. The molecule has 2 aromatic rings. The van der Waals surface area contributed by atoms with Gasteiger partial charge in [0.2, 0.25) is 0 Å². The standard InChI is InChI=1S/C14H19N5/c1-2-12(10-16-11-3-4-11)18(8-1)14-13-5-6-17-19(13)9-7-15-14/h5-7,9,11-12,16H,1-4,8,10H2. The number of hydrogen-bond donors (Lipinski definition) is 1. The molecule has 0 spiro atoms. The number of hydrogen-bond acceptors (Lipinski definition) is 4. The minimum Gasteiger partial charge on any atom is -0.351 e. The van der Waals surface area contributed by atoms with E-state index in [1.54, 1.807) is 0 Å². The highest BCUT2D eigenvalue weighted by Crippen LogP contribution is 2.27. The lowest BCUT2D eigenvalue weighted by molar-refractivity contribution is 0.569. The van der Waals surface area contributed by atoms with Crippen LogP contribution in [0.2, 0.25) is 0 Å². The van der Waals surface area contributed by atoms with Gasteiger partial charge in [-0.05, 0) is 31.7 Å². The average molecular weight is 257 g/mol. The first-order valence-corrected chi connectivity index (χ1v) is 7.20. The van der Waals surface area contributed by atoms with Crippen molar-refractivity contribution in [2.75, 3.05) is 18.0 Å². The summed E-state index contributed by atoms with van der Waals surface area (Å²) in [6.07, 6.45) is 10.8. The number of fused-ring (bicyclic) bond motifs is 1. The minimum absolute atomic E-state index is 0.578. The van der Waals surface area contributed by atoms with Crippen LogP contribution in [0.5, 0.6) is 0 Å². The molecule has 0 aromatic carbocycles. The molecule has 19 heavy (non-hydrogen) atoms. The summed E-state index contributed by atoms with van der Waals surface area (Å²) in [5.74, 6) is 1.08. The lowest BCUT2D eigenvalue weighted by Crippen LogP contribution is -2.39. The largest absolute Gasteiger partial charge is 0.351 e. The van der Waals surface area contributed by atoms with E-state index in [0.717, 1.165) is 30.5 Å². The van der Waals surface area contributed by atoms with E-state index in [0.29, 0.717) is 6.04 Å². The lowest BCUT2D eigenvalue weighted by atomic mass is 10.2. The molecule has 1 N–H and O–H groups in total. The smallest absolute Gasteiger partial charge is 0.154 e. The van der Waals surface area contributed by atoms with Gasteiger partial charge in [0.05, 0.1) is 6.20 Å². The van der Waals surface area contributed by atoms with E-state index >= 15 is 0 Å². The zero-order valence-corrected chi connectivity index (χ0v) is 11.0. The third-order valence-corrected chi connectivity index (χ3v) is 4.17. The Morgan fingerprint density at radius 1 is 1.26 bits per heavy atom. The van der Waals surface area contributed by atoms with Crippen molar-refractivity contribution < 1.29 is 0 Å². The Balaban J connectivity index is 1.60. The van der Waals surface area contributed by atoms with Gasteiger partial charge in [-0.2, -0.15) is 5.10 Å². The maximum Gasteiger partial charge on any atom is 0.154 e. The Bertz CT molecular complexity index is 574. The van der Waals surface area contributed by atoms with Crippen LogP contribution in [0.4, 0.5) is 5.82 Å². The summed E-state index contributed by atoms with van der Waals surface area (Å²) >= 11 is 0. The van der Waals surface area contributed by atoms with E-state index in [9.17, 15) is 0 Å². The normalized spacial score (nSPS) is 23.4. The Morgan fingerprint density at radius 2 is 2.21 bits per heavy atom. The summed E-state index contributed by atoms with van der Waals surface area (Å²) in [5.41, 5.74) is 1.11. The van der Waals surface area contributed by atoms with Crippen molar-refractivity contribution in [1.82, 2.24) is 19.9 Å². The van der Waals surface area contributed by atoms with Gasteiger partial charge in [-0.1, -0.05) is 0 Å². The molecule has 2 fully saturated rings. The second-order valence-electron chi connectivity index (χ2n) is 5.58. The van der Waals surface area contributed by atoms with Crippen molar-refractivity contribution in [2.45, 2.75) is 37.8 Å². The van der Waals surface area contributed by atoms with E-state index in [2.05, 4.69) is 20.3 Å². The fraction of sp³-hybridized carbons (Fsp3) is 0.571. The molecule has 1 aliphatic carbocycles. The summed E-state index contributed by atoms with van der Waals surface area (Å²) in [6.45, 7) is 2.19. The molecule has 0 amide bonds. The Morgan fingerprint density at radius 3 is 3.11 bits per heavy atom. The van der Waals surface area contributed by atoms with Crippen LogP contribution >= 0.6 is 0 Å². The highest BCUT2D eigenvalue weighted by Gasteiger charge is 2.29. The third-order valence-electron chi connectivity index (χ3n) is 4.17. The maximum absolute atomic E-state index is 4.59. The van der Waals surface area contributed by atoms with Crippen LogP contribution in [0.3, 0.4) is 0 Å². The first-order chi connectivity index (χ1) is 9.42. The fourth-order valence-electron chi connectivity index (χ4n) is 2.98. The highest BCUT2D eigenvalue weighted by molar-refractivity contribution is 5.69. The molecule has 0 bridgehead atoms. The second kappa shape index (κ2) is 4.49. The molecule has 2 aliphatic rings. The van der Waals surface area contributed by atoms with Gasteiger partial charge < -0.3 is 10.2 Å². The van der Waals surface area contributed by atoms with E-state index in [-0.39, 0.29) is 0 Å². The number of rotatable bonds is 4. The first kappa shape index (κ1) is 11.2. The Hall–Kier alpha value is -1.62. The summed E-state index contributed by atoms with van der Waals surface area (Å²) in [6, 6.07) is 3.40. The van der Waals surface area contributed by atoms with Crippen LogP contribution in [0.15, 0.2) is 24.7 Å². The van der Waals surface area contributed by atoms with Gasteiger partial charge in [0.25, 0.3) is 0 Å². The van der Waals surface area contributed by atoms with Crippen LogP contribution in [0.1, 0.15) is 25.7 Å². The van der Waals surface area contributed by atoms with E-state index in [4.69, 9.17) is 0 Å². The molecule has 5 nitrogen and oxygen atoms in total.